The summed E-state index contributed by atoms with van der Waals surface area (Å²) in [5.74, 6) is 0.422. The summed E-state index contributed by atoms with van der Waals surface area (Å²) in [5, 5.41) is 15.6. The van der Waals surface area contributed by atoms with E-state index in [0.29, 0.717) is 18.3 Å². The Morgan fingerprint density at radius 3 is 2.78 bits per heavy atom. The van der Waals surface area contributed by atoms with Crippen molar-refractivity contribution in [3.05, 3.63) is 17.5 Å². The summed E-state index contributed by atoms with van der Waals surface area (Å²) >= 11 is 0. The monoisotopic (exact) mass is 252 g/mol. The number of aromatic nitrogens is 1. The van der Waals surface area contributed by atoms with Crippen LogP contribution in [0.15, 0.2) is 10.6 Å². The summed E-state index contributed by atoms with van der Waals surface area (Å²) < 4.78 is 4.97. The van der Waals surface area contributed by atoms with Crippen LogP contribution >= 0.6 is 0 Å². The summed E-state index contributed by atoms with van der Waals surface area (Å²) in [6, 6.07) is 2.00. The first-order valence-corrected chi connectivity index (χ1v) is 6.61. The smallest absolute Gasteiger partial charge is 0.358 e. The highest BCUT2D eigenvalue weighted by Crippen LogP contribution is 2.26. The minimum absolute atomic E-state index is 0.0264. The molecule has 1 saturated carbocycles. The minimum Gasteiger partial charge on any atom is -0.476 e. The second kappa shape index (κ2) is 6.00. The average molecular weight is 252 g/mol. The molecule has 2 N–H and O–H groups in total. The van der Waals surface area contributed by atoms with E-state index >= 15 is 0 Å². The van der Waals surface area contributed by atoms with Crippen molar-refractivity contribution in [3.8, 4) is 0 Å². The molecule has 1 aliphatic carbocycles. The van der Waals surface area contributed by atoms with Gasteiger partial charge in [0.2, 0.25) is 0 Å². The molecule has 1 heterocycles. The number of rotatable bonds is 5. The lowest BCUT2D eigenvalue weighted by molar-refractivity contribution is 0.0685. The standard InChI is InChI=1S/C13H20N2O3/c1-2-9-3-5-10(6-4-9)14-8-11-7-12(13(16)17)15-18-11/h7,9-10,14H,2-6,8H2,1H3,(H,16,17). The van der Waals surface area contributed by atoms with Gasteiger partial charge in [-0.25, -0.2) is 4.79 Å². The van der Waals surface area contributed by atoms with E-state index in [1.807, 2.05) is 0 Å². The second-order valence-electron chi connectivity index (χ2n) is 4.99. The van der Waals surface area contributed by atoms with Crippen LogP contribution in [0.1, 0.15) is 55.3 Å². The van der Waals surface area contributed by atoms with E-state index in [1.165, 1.54) is 38.2 Å². The summed E-state index contributed by atoms with van der Waals surface area (Å²) in [6.45, 7) is 2.81. The Bertz CT molecular complexity index is 395. The van der Waals surface area contributed by atoms with Crippen LogP contribution in [0.5, 0.6) is 0 Å². The first-order chi connectivity index (χ1) is 8.69. The molecule has 1 aliphatic rings. The molecule has 0 aromatic carbocycles. The number of carboxylic acids is 1. The fourth-order valence-electron chi connectivity index (χ4n) is 2.52. The van der Waals surface area contributed by atoms with Gasteiger partial charge in [0.05, 0.1) is 6.54 Å². The van der Waals surface area contributed by atoms with Crippen LogP contribution in [0.2, 0.25) is 0 Å². The Hall–Kier alpha value is -1.36. The van der Waals surface area contributed by atoms with Crippen molar-refractivity contribution < 1.29 is 14.4 Å². The third kappa shape index (κ3) is 3.32. The fraction of sp³-hybridized carbons (Fsp3) is 0.692. The molecule has 0 radical (unpaired) electrons. The lowest BCUT2D eigenvalue weighted by Gasteiger charge is -2.28. The molecule has 18 heavy (non-hydrogen) atoms. The van der Waals surface area contributed by atoms with E-state index in [2.05, 4.69) is 17.4 Å². The van der Waals surface area contributed by atoms with Crippen LogP contribution in [0.3, 0.4) is 0 Å². The molecular formula is C13H20N2O3. The third-order valence-electron chi connectivity index (χ3n) is 3.77. The van der Waals surface area contributed by atoms with Gasteiger partial charge in [-0.05, 0) is 31.6 Å². The predicted molar refractivity (Wildman–Crippen MR) is 66.3 cm³/mol. The largest absolute Gasteiger partial charge is 0.476 e. The van der Waals surface area contributed by atoms with Gasteiger partial charge in [0.25, 0.3) is 0 Å². The number of nitrogens with zero attached hydrogens (tertiary/aromatic N) is 1. The molecule has 1 aromatic rings. The SMILES string of the molecule is CCC1CCC(NCc2cc(C(=O)O)no2)CC1. The molecule has 1 fully saturated rings. The average Bonchev–Trinajstić information content (AvgIpc) is 2.86. The fourth-order valence-corrected chi connectivity index (χ4v) is 2.52. The molecular weight excluding hydrogens is 232 g/mol. The molecule has 0 amide bonds. The highest BCUT2D eigenvalue weighted by molar-refractivity contribution is 5.85. The zero-order valence-electron chi connectivity index (χ0n) is 10.7. The Morgan fingerprint density at radius 2 is 2.22 bits per heavy atom. The zero-order valence-corrected chi connectivity index (χ0v) is 10.7. The summed E-state index contributed by atoms with van der Waals surface area (Å²) in [7, 11) is 0. The van der Waals surface area contributed by atoms with Crippen molar-refractivity contribution in [2.75, 3.05) is 0 Å². The lowest BCUT2D eigenvalue weighted by atomic mass is 9.84. The van der Waals surface area contributed by atoms with Gasteiger partial charge in [-0.1, -0.05) is 18.5 Å². The Labute approximate surface area is 107 Å². The van der Waals surface area contributed by atoms with Gasteiger partial charge in [0, 0.05) is 12.1 Å². The minimum atomic E-state index is -1.05. The van der Waals surface area contributed by atoms with Crippen molar-refractivity contribution in [1.29, 1.82) is 0 Å². The number of aromatic carboxylic acids is 1. The van der Waals surface area contributed by atoms with Gasteiger partial charge >= 0.3 is 5.97 Å². The number of hydrogen-bond acceptors (Lipinski definition) is 4. The molecule has 0 unspecified atom stereocenters. The van der Waals surface area contributed by atoms with Crippen LogP contribution in [0.25, 0.3) is 0 Å². The highest BCUT2D eigenvalue weighted by Gasteiger charge is 2.20. The zero-order chi connectivity index (χ0) is 13.0. The molecule has 5 heteroatoms. The van der Waals surface area contributed by atoms with Crippen molar-refractivity contribution >= 4 is 5.97 Å². The normalized spacial score (nSPS) is 24.1. The van der Waals surface area contributed by atoms with Crippen LogP contribution < -0.4 is 5.32 Å². The topological polar surface area (TPSA) is 75.4 Å². The predicted octanol–water partition coefficient (Wildman–Crippen LogP) is 2.43. The van der Waals surface area contributed by atoms with Gasteiger partial charge < -0.3 is 14.9 Å². The molecule has 100 valence electrons. The molecule has 0 atom stereocenters. The van der Waals surface area contributed by atoms with E-state index in [0.717, 1.165) is 5.92 Å². The maximum absolute atomic E-state index is 10.6. The van der Waals surface area contributed by atoms with E-state index < -0.39 is 5.97 Å². The summed E-state index contributed by atoms with van der Waals surface area (Å²) in [6.07, 6.45) is 6.23. The van der Waals surface area contributed by atoms with Crippen molar-refractivity contribution in [2.45, 2.75) is 51.6 Å². The Balaban J connectivity index is 1.76. The number of carboxylic acid groups (broad SMARTS) is 1. The van der Waals surface area contributed by atoms with E-state index in [4.69, 9.17) is 9.63 Å². The third-order valence-corrected chi connectivity index (χ3v) is 3.77. The Morgan fingerprint density at radius 1 is 1.50 bits per heavy atom. The summed E-state index contributed by atoms with van der Waals surface area (Å²) in [5.41, 5.74) is -0.0264. The van der Waals surface area contributed by atoms with Crippen molar-refractivity contribution in [1.82, 2.24) is 10.5 Å². The van der Waals surface area contributed by atoms with Gasteiger partial charge in [-0.3, -0.25) is 0 Å². The second-order valence-corrected chi connectivity index (χ2v) is 4.99. The van der Waals surface area contributed by atoms with Crippen LogP contribution in [0, 0.1) is 5.92 Å². The van der Waals surface area contributed by atoms with Gasteiger partial charge in [0.15, 0.2) is 11.5 Å². The number of hydrogen-bond donors (Lipinski definition) is 2. The van der Waals surface area contributed by atoms with Gasteiger partial charge in [0.1, 0.15) is 0 Å². The van der Waals surface area contributed by atoms with Crippen molar-refractivity contribution in [3.63, 3.8) is 0 Å². The van der Waals surface area contributed by atoms with Crippen molar-refractivity contribution in [2.24, 2.45) is 5.92 Å². The van der Waals surface area contributed by atoms with Crippen LogP contribution in [-0.2, 0) is 6.54 Å². The molecule has 0 aliphatic heterocycles. The lowest BCUT2D eigenvalue weighted by Crippen LogP contribution is -2.32. The van der Waals surface area contributed by atoms with Gasteiger partial charge in [-0.15, -0.1) is 0 Å². The first kappa shape index (κ1) is 13.1. The molecule has 0 saturated heterocycles. The van der Waals surface area contributed by atoms with Gasteiger partial charge in [-0.2, -0.15) is 0 Å². The van der Waals surface area contributed by atoms with E-state index in [1.54, 1.807) is 0 Å². The maximum Gasteiger partial charge on any atom is 0.358 e. The first-order valence-electron chi connectivity index (χ1n) is 6.61. The quantitative estimate of drug-likeness (QED) is 0.841. The van der Waals surface area contributed by atoms with E-state index in [-0.39, 0.29) is 5.69 Å². The highest BCUT2D eigenvalue weighted by atomic mass is 16.5. The molecule has 2 rings (SSSR count). The summed E-state index contributed by atoms with van der Waals surface area (Å²) in [4.78, 5) is 10.6. The maximum atomic E-state index is 10.6. The molecule has 0 spiro atoms. The molecule has 5 nitrogen and oxygen atoms in total. The number of carbonyl (C=O) groups is 1. The molecule has 0 bridgehead atoms. The van der Waals surface area contributed by atoms with Crippen LogP contribution in [0.4, 0.5) is 0 Å². The number of nitrogens with one attached hydrogen (secondary N) is 1. The van der Waals surface area contributed by atoms with E-state index in [9.17, 15) is 4.79 Å². The Kier molecular flexibility index (Phi) is 4.36. The van der Waals surface area contributed by atoms with Crippen LogP contribution in [-0.4, -0.2) is 22.3 Å². The molecule has 1 aromatic heterocycles.